The summed E-state index contributed by atoms with van der Waals surface area (Å²) in [5.74, 6) is 0.893. The van der Waals surface area contributed by atoms with Crippen LogP contribution in [0.3, 0.4) is 0 Å². The third kappa shape index (κ3) is 6.44. The maximum atomic E-state index is 9.75. The maximum Gasteiger partial charge on any atom is 0.0755 e. The molecule has 1 fully saturated rings. The molecule has 0 amide bonds. The summed E-state index contributed by atoms with van der Waals surface area (Å²) in [6, 6.07) is 0.472. The Labute approximate surface area is 98.2 Å². The van der Waals surface area contributed by atoms with Crippen molar-refractivity contribution in [1.29, 1.82) is 0 Å². The highest BCUT2D eigenvalue weighted by molar-refractivity contribution is 7.99. The Hall–Kier alpha value is 0.270. The van der Waals surface area contributed by atoms with Crippen molar-refractivity contribution in [3.05, 3.63) is 0 Å². The van der Waals surface area contributed by atoms with Gasteiger partial charge in [0.15, 0.2) is 0 Å². The Kier molecular flexibility index (Phi) is 6.69. The van der Waals surface area contributed by atoms with Gasteiger partial charge in [0, 0.05) is 23.6 Å². The lowest BCUT2D eigenvalue weighted by molar-refractivity contribution is 0.192. The summed E-state index contributed by atoms with van der Waals surface area (Å²) in [5, 5.41) is 13.8. The van der Waals surface area contributed by atoms with Crippen LogP contribution in [0.1, 0.15) is 46.0 Å². The molecule has 2 N–H and O–H groups in total. The Morgan fingerprint density at radius 3 is 2.53 bits per heavy atom. The second-order valence-corrected chi connectivity index (χ2v) is 6.14. The highest BCUT2D eigenvalue weighted by atomic mass is 32.2. The third-order valence-electron chi connectivity index (χ3n) is 2.84. The van der Waals surface area contributed by atoms with Crippen LogP contribution >= 0.6 is 11.8 Å². The molecule has 1 aliphatic rings. The molecule has 0 aromatic carbocycles. The summed E-state index contributed by atoms with van der Waals surface area (Å²) in [6.45, 7) is 4.96. The van der Waals surface area contributed by atoms with Gasteiger partial charge in [0.2, 0.25) is 0 Å². The molecule has 15 heavy (non-hydrogen) atoms. The number of hydrogen-bond donors (Lipinski definition) is 2. The first-order chi connectivity index (χ1) is 7.18. The van der Waals surface area contributed by atoms with Crippen molar-refractivity contribution < 1.29 is 5.11 Å². The zero-order valence-electron chi connectivity index (χ0n) is 10.0. The molecule has 1 rings (SSSR count). The molecule has 0 spiro atoms. The molecule has 1 atom stereocenters. The molecule has 3 heteroatoms. The Morgan fingerprint density at radius 1 is 1.27 bits per heavy atom. The minimum Gasteiger partial charge on any atom is -0.391 e. The number of aliphatic hydroxyl groups is 1. The second kappa shape index (κ2) is 7.53. The highest BCUT2D eigenvalue weighted by Gasteiger charge is 2.15. The van der Waals surface area contributed by atoms with E-state index in [1.807, 2.05) is 11.8 Å². The van der Waals surface area contributed by atoms with Crippen LogP contribution in [-0.2, 0) is 0 Å². The number of rotatable bonds is 6. The standard InChI is InChI=1S/C12H25NOS/c1-10(2)13-8-11(14)9-15-12-6-4-3-5-7-12/h10-14H,3-9H2,1-2H3. The topological polar surface area (TPSA) is 32.3 Å². The molecule has 1 aliphatic carbocycles. The molecule has 0 aliphatic heterocycles. The highest BCUT2D eigenvalue weighted by Crippen LogP contribution is 2.28. The van der Waals surface area contributed by atoms with Crippen LogP contribution < -0.4 is 5.32 Å². The first-order valence-electron chi connectivity index (χ1n) is 6.21. The van der Waals surface area contributed by atoms with Gasteiger partial charge in [0.05, 0.1) is 6.10 Å². The van der Waals surface area contributed by atoms with Gasteiger partial charge in [-0.3, -0.25) is 0 Å². The minimum atomic E-state index is -0.181. The minimum absolute atomic E-state index is 0.181. The van der Waals surface area contributed by atoms with E-state index in [4.69, 9.17) is 0 Å². The van der Waals surface area contributed by atoms with E-state index in [0.29, 0.717) is 6.04 Å². The van der Waals surface area contributed by atoms with E-state index in [1.165, 1.54) is 32.1 Å². The van der Waals surface area contributed by atoms with Crippen molar-refractivity contribution in [2.75, 3.05) is 12.3 Å². The van der Waals surface area contributed by atoms with E-state index in [-0.39, 0.29) is 6.10 Å². The average Bonchev–Trinajstić information content (AvgIpc) is 2.25. The van der Waals surface area contributed by atoms with Crippen molar-refractivity contribution in [3.63, 3.8) is 0 Å². The maximum absolute atomic E-state index is 9.75. The number of hydrogen-bond acceptors (Lipinski definition) is 3. The van der Waals surface area contributed by atoms with Gasteiger partial charge < -0.3 is 10.4 Å². The van der Waals surface area contributed by atoms with Crippen molar-refractivity contribution in [1.82, 2.24) is 5.32 Å². The molecule has 1 unspecified atom stereocenters. The number of thioether (sulfide) groups is 1. The van der Waals surface area contributed by atoms with Gasteiger partial charge in [-0.2, -0.15) is 11.8 Å². The smallest absolute Gasteiger partial charge is 0.0755 e. The first-order valence-corrected chi connectivity index (χ1v) is 7.26. The van der Waals surface area contributed by atoms with Gasteiger partial charge in [0.25, 0.3) is 0 Å². The monoisotopic (exact) mass is 231 g/mol. The summed E-state index contributed by atoms with van der Waals surface area (Å²) in [4.78, 5) is 0. The number of aliphatic hydroxyl groups excluding tert-OH is 1. The largest absolute Gasteiger partial charge is 0.391 e. The first kappa shape index (κ1) is 13.3. The predicted octanol–water partition coefficient (Wildman–Crippen LogP) is 2.41. The van der Waals surface area contributed by atoms with E-state index < -0.39 is 0 Å². The summed E-state index contributed by atoms with van der Waals surface area (Å²) >= 11 is 1.97. The normalized spacial score (nSPS) is 20.8. The van der Waals surface area contributed by atoms with Crippen molar-refractivity contribution in [3.8, 4) is 0 Å². The van der Waals surface area contributed by atoms with Crippen molar-refractivity contribution >= 4 is 11.8 Å². The van der Waals surface area contributed by atoms with Crippen LogP contribution in [0.4, 0.5) is 0 Å². The average molecular weight is 231 g/mol. The van der Waals surface area contributed by atoms with Crippen LogP contribution in [0.15, 0.2) is 0 Å². The number of nitrogens with one attached hydrogen (secondary N) is 1. The van der Waals surface area contributed by atoms with E-state index in [0.717, 1.165) is 17.5 Å². The zero-order valence-corrected chi connectivity index (χ0v) is 10.9. The van der Waals surface area contributed by atoms with Crippen LogP contribution in [0.5, 0.6) is 0 Å². The Balaban J connectivity index is 2.02. The second-order valence-electron chi connectivity index (χ2n) is 4.81. The van der Waals surface area contributed by atoms with Gasteiger partial charge in [-0.25, -0.2) is 0 Å². The molecule has 1 saturated carbocycles. The molecular formula is C12H25NOS. The van der Waals surface area contributed by atoms with Crippen molar-refractivity contribution in [2.45, 2.75) is 63.3 Å². The van der Waals surface area contributed by atoms with Crippen molar-refractivity contribution in [2.24, 2.45) is 0 Å². The molecule has 0 saturated heterocycles. The summed E-state index contributed by atoms with van der Waals surface area (Å²) < 4.78 is 0. The molecule has 0 aromatic rings. The fourth-order valence-electron chi connectivity index (χ4n) is 1.91. The Morgan fingerprint density at radius 2 is 1.93 bits per heavy atom. The van der Waals surface area contributed by atoms with Gasteiger partial charge >= 0.3 is 0 Å². The lowest BCUT2D eigenvalue weighted by Gasteiger charge is -2.22. The predicted molar refractivity (Wildman–Crippen MR) is 68.5 cm³/mol. The molecule has 90 valence electrons. The molecule has 0 radical (unpaired) electrons. The molecule has 0 bridgehead atoms. The van der Waals surface area contributed by atoms with Crippen LogP contribution in [0, 0.1) is 0 Å². The van der Waals surface area contributed by atoms with Crippen LogP contribution in [-0.4, -0.2) is 34.8 Å². The van der Waals surface area contributed by atoms with Gasteiger partial charge in [-0.05, 0) is 12.8 Å². The quantitative estimate of drug-likeness (QED) is 0.736. The fourth-order valence-corrected chi connectivity index (χ4v) is 3.19. The SMILES string of the molecule is CC(C)NCC(O)CSC1CCCCC1. The van der Waals surface area contributed by atoms with Gasteiger partial charge in [-0.1, -0.05) is 33.1 Å². The van der Waals surface area contributed by atoms with E-state index in [9.17, 15) is 5.11 Å². The van der Waals surface area contributed by atoms with Gasteiger partial charge in [0.1, 0.15) is 0 Å². The summed E-state index contributed by atoms with van der Waals surface area (Å²) in [6.07, 6.45) is 6.72. The van der Waals surface area contributed by atoms with E-state index in [2.05, 4.69) is 19.2 Å². The zero-order chi connectivity index (χ0) is 11.1. The summed E-state index contributed by atoms with van der Waals surface area (Å²) in [7, 11) is 0. The molecular weight excluding hydrogens is 206 g/mol. The van der Waals surface area contributed by atoms with E-state index in [1.54, 1.807) is 0 Å². The lowest BCUT2D eigenvalue weighted by atomic mass is 10.0. The summed E-state index contributed by atoms with van der Waals surface area (Å²) in [5.41, 5.74) is 0. The van der Waals surface area contributed by atoms with Crippen LogP contribution in [0.25, 0.3) is 0 Å². The van der Waals surface area contributed by atoms with Gasteiger partial charge in [-0.15, -0.1) is 0 Å². The Bertz CT molecular complexity index is 158. The van der Waals surface area contributed by atoms with E-state index >= 15 is 0 Å². The molecule has 0 heterocycles. The molecule has 2 nitrogen and oxygen atoms in total. The molecule has 0 aromatic heterocycles. The third-order valence-corrected chi connectivity index (χ3v) is 4.36. The van der Waals surface area contributed by atoms with Crippen LogP contribution in [0.2, 0.25) is 0 Å². The lowest BCUT2D eigenvalue weighted by Crippen LogP contribution is -2.33. The fraction of sp³-hybridized carbons (Fsp3) is 1.00.